The standard InChI is InChI=1S/C31H35N3O2/c1-21-15-22(2)17-27(16-21)36-14-8-7-13-33-29-10-6-5-9-28(29)32-31(33)25-19-30(35)34(20-25)26-12-11-23(3)24(4)18-26/h5-6,9-12,15-18,25H,7-8,13-14,19-20H2,1-4H3. The summed E-state index contributed by atoms with van der Waals surface area (Å²) < 4.78 is 8.35. The van der Waals surface area contributed by atoms with Crippen molar-refractivity contribution in [3.63, 3.8) is 0 Å². The minimum atomic E-state index is 0.0815. The number of fused-ring (bicyclic) bond motifs is 1. The zero-order valence-corrected chi connectivity index (χ0v) is 21.8. The van der Waals surface area contributed by atoms with Gasteiger partial charge in [0.1, 0.15) is 11.6 Å². The third-order valence-corrected chi connectivity index (χ3v) is 7.22. The van der Waals surface area contributed by atoms with Crippen LogP contribution in [0.3, 0.4) is 0 Å². The van der Waals surface area contributed by atoms with Gasteiger partial charge in [-0.25, -0.2) is 4.98 Å². The van der Waals surface area contributed by atoms with E-state index in [0.717, 1.165) is 47.7 Å². The third kappa shape index (κ3) is 5.01. The van der Waals surface area contributed by atoms with Gasteiger partial charge in [0.25, 0.3) is 0 Å². The minimum Gasteiger partial charge on any atom is -0.494 e. The Labute approximate surface area is 213 Å². The van der Waals surface area contributed by atoms with Crippen LogP contribution in [0.2, 0.25) is 0 Å². The first-order chi connectivity index (χ1) is 17.4. The first-order valence-electron chi connectivity index (χ1n) is 12.9. The van der Waals surface area contributed by atoms with Gasteiger partial charge in [-0.3, -0.25) is 4.79 Å². The number of para-hydroxylation sites is 2. The Morgan fingerprint density at radius 3 is 2.47 bits per heavy atom. The number of aromatic nitrogens is 2. The van der Waals surface area contributed by atoms with Gasteiger partial charge in [0, 0.05) is 31.1 Å². The number of hydrogen-bond acceptors (Lipinski definition) is 3. The van der Waals surface area contributed by atoms with E-state index in [4.69, 9.17) is 9.72 Å². The Kier molecular flexibility index (Phi) is 6.82. The van der Waals surface area contributed by atoms with Crippen molar-refractivity contribution in [1.82, 2.24) is 9.55 Å². The molecule has 186 valence electrons. The average Bonchev–Trinajstić information content (AvgIpc) is 3.40. The molecule has 5 nitrogen and oxygen atoms in total. The predicted molar refractivity (Wildman–Crippen MR) is 146 cm³/mol. The number of nitrogens with zero attached hydrogens (tertiary/aromatic N) is 3. The molecule has 0 spiro atoms. The lowest BCUT2D eigenvalue weighted by atomic mass is 10.1. The van der Waals surface area contributed by atoms with Crippen LogP contribution in [0.1, 0.15) is 53.3 Å². The van der Waals surface area contributed by atoms with Gasteiger partial charge in [0.05, 0.1) is 17.6 Å². The van der Waals surface area contributed by atoms with Gasteiger partial charge in [0.2, 0.25) is 5.91 Å². The maximum Gasteiger partial charge on any atom is 0.227 e. The van der Waals surface area contributed by atoms with Gasteiger partial charge >= 0.3 is 0 Å². The van der Waals surface area contributed by atoms with Gasteiger partial charge < -0.3 is 14.2 Å². The maximum absolute atomic E-state index is 13.0. The number of ether oxygens (including phenoxy) is 1. The smallest absolute Gasteiger partial charge is 0.227 e. The molecule has 1 amide bonds. The van der Waals surface area contributed by atoms with Gasteiger partial charge in [-0.15, -0.1) is 0 Å². The van der Waals surface area contributed by atoms with Crippen LogP contribution >= 0.6 is 0 Å². The van der Waals surface area contributed by atoms with Crippen LogP contribution in [-0.2, 0) is 11.3 Å². The number of amides is 1. The lowest BCUT2D eigenvalue weighted by molar-refractivity contribution is -0.117. The number of rotatable bonds is 8. The van der Waals surface area contributed by atoms with E-state index in [-0.39, 0.29) is 11.8 Å². The van der Waals surface area contributed by atoms with Gasteiger partial charge in [-0.2, -0.15) is 0 Å². The number of unbranched alkanes of at least 4 members (excludes halogenated alkanes) is 1. The van der Waals surface area contributed by atoms with Crippen LogP contribution in [0, 0.1) is 27.7 Å². The first-order valence-corrected chi connectivity index (χ1v) is 12.9. The maximum atomic E-state index is 13.0. The Bertz CT molecular complexity index is 1380. The van der Waals surface area contributed by atoms with Crippen molar-refractivity contribution in [2.45, 2.75) is 59.4 Å². The van der Waals surface area contributed by atoms with Crippen LogP contribution in [0.4, 0.5) is 5.69 Å². The second-order valence-electron chi connectivity index (χ2n) is 10.2. The average molecular weight is 482 g/mol. The van der Waals surface area contributed by atoms with Crippen molar-refractivity contribution >= 4 is 22.6 Å². The third-order valence-electron chi connectivity index (χ3n) is 7.22. The zero-order chi connectivity index (χ0) is 25.2. The molecule has 0 aliphatic carbocycles. The lowest BCUT2D eigenvalue weighted by Gasteiger charge is -2.18. The monoisotopic (exact) mass is 481 g/mol. The van der Waals surface area contributed by atoms with E-state index in [2.05, 4.69) is 86.9 Å². The normalized spacial score (nSPS) is 15.7. The van der Waals surface area contributed by atoms with Crippen molar-refractivity contribution in [2.24, 2.45) is 0 Å². The summed E-state index contributed by atoms with van der Waals surface area (Å²) in [4.78, 5) is 20.0. The minimum absolute atomic E-state index is 0.0815. The van der Waals surface area contributed by atoms with Crippen molar-refractivity contribution < 1.29 is 9.53 Å². The Balaban J connectivity index is 1.29. The quantitative estimate of drug-likeness (QED) is 0.265. The summed E-state index contributed by atoms with van der Waals surface area (Å²) in [6.07, 6.45) is 2.43. The molecule has 3 aromatic carbocycles. The molecule has 1 saturated heterocycles. The Hall–Kier alpha value is -3.60. The molecular formula is C31H35N3O2. The van der Waals surface area contributed by atoms with E-state index in [1.807, 2.05) is 11.0 Å². The molecule has 1 atom stereocenters. The van der Waals surface area contributed by atoms with Crippen molar-refractivity contribution in [1.29, 1.82) is 0 Å². The highest BCUT2D eigenvalue weighted by molar-refractivity contribution is 5.96. The largest absolute Gasteiger partial charge is 0.494 e. The molecule has 1 aromatic heterocycles. The number of carbonyl (C=O) groups is 1. The molecule has 36 heavy (non-hydrogen) atoms. The number of aryl methyl sites for hydroxylation is 5. The lowest BCUT2D eigenvalue weighted by Crippen LogP contribution is -2.24. The van der Waals surface area contributed by atoms with Crippen molar-refractivity contribution in [3.05, 3.63) is 88.7 Å². The van der Waals surface area contributed by atoms with E-state index in [1.165, 1.54) is 22.3 Å². The molecule has 0 N–H and O–H groups in total. The van der Waals surface area contributed by atoms with Crippen LogP contribution in [0.25, 0.3) is 11.0 Å². The number of benzene rings is 3. The second kappa shape index (κ2) is 10.2. The molecule has 0 saturated carbocycles. The van der Waals surface area contributed by atoms with Crippen LogP contribution in [0.5, 0.6) is 5.75 Å². The summed E-state index contributed by atoms with van der Waals surface area (Å²) in [5.41, 5.74) is 8.01. The molecule has 0 bridgehead atoms. The Morgan fingerprint density at radius 1 is 0.917 bits per heavy atom. The molecule has 1 unspecified atom stereocenters. The van der Waals surface area contributed by atoms with E-state index in [0.29, 0.717) is 19.6 Å². The number of imidazole rings is 1. The van der Waals surface area contributed by atoms with Crippen LogP contribution < -0.4 is 9.64 Å². The molecule has 1 fully saturated rings. The van der Waals surface area contributed by atoms with Crippen molar-refractivity contribution in [2.75, 3.05) is 18.1 Å². The zero-order valence-electron chi connectivity index (χ0n) is 21.8. The molecule has 2 heterocycles. The van der Waals surface area contributed by atoms with Gasteiger partial charge in [0.15, 0.2) is 0 Å². The summed E-state index contributed by atoms with van der Waals surface area (Å²) in [6.45, 7) is 10.6. The first kappa shape index (κ1) is 24.1. The number of hydrogen-bond donors (Lipinski definition) is 0. The van der Waals surface area contributed by atoms with E-state index in [1.54, 1.807) is 0 Å². The SMILES string of the molecule is Cc1cc(C)cc(OCCCCn2c(C3CC(=O)N(c4ccc(C)c(C)c4)C3)nc3ccccc32)c1. The fourth-order valence-corrected chi connectivity index (χ4v) is 5.24. The van der Waals surface area contributed by atoms with E-state index in [9.17, 15) is 4.79 Å². The fourth-order valence-electron chi connectivity index (χ4n) is 5.24. The Morgan fingerprint density at radius 2 is 1.69 bits per heavy atom. The van der Waals surface area contributed by atoms with Gasteiger partial charge in [-0.05, 0) is 99.2 Å². The molecule has 4 aromatic rings. The predicted octanol–water partition coefficient (Wildman–Crippen LogP) is 6.65. The highest BCUT2D eigenvalue weighted by atomic mass is 16.5. The molecular weight excluding hydrogens is 446 g/mol. The highest BCUT2D eigenvalue weighted by Crippen LogP contribution is 2.34. The molecule has 1 aliphatic heterocycles. The summed E-state index contributed by atoms with van der Waals surface area (Å²) in [5, 5.41) is 0. The van der Waals surface area contributed by atoms with Crippen LogP contribution in [-0.4, -0.2) is 28.6 Å². The van der Waals surface area contributed by atoms with E-state index >= 15 is 0 Å². The molecule has 5 heteroatoms. The summed E-state index contributed by atoms with van der Waals surface area (Å²) >= 11 is 0. The summed E-state index contributed by atoms with van der Waals surface area (Å²) in [7, 11) is 0. The molecule has 5 rings (SSSR count). The summed E-state index contributed by atoms with van der Waals surface area (Å²) in [5.74, 6) is 2.21. The topological polar surface area (TPSA) is 47.4 Å². The van der Waals surface area contributed by atoms with Crippen molar-refractivity contribution in [3.8, 4) is 5.75 Å². The van der Waals surface area contributed by atoms with Crippen LogP contribution in [0.15, 0.2) is 60.7 Å². The van der Waals surface area contributed by atoms with Gasteiger partial charge in [-0.1, -0.05) is 24.3 Å². The number of carbonyl (C=O) groups excluding carboxylic acids is 1. The highest BCUT2D eigenvalue weighted by Gasteiger charge is 2.34. The van der Waals surface area contributed by atoms with E-state index < -0.39 is 0 Å². The summed E-state index contributed by atoms with van der Waals surface area (Å²) in [6, 6.07) is 20.9. The molecule has 1 aliphatic rings. The number of anilines is 1. The second-order valence-corrected chi connectivity index (χ2v) is 10.2. The molecule has 0 radical (unpaired) electrons. The fraction of sp³-hybridized carbons (Fsp3) is 0.355.